The molecule has 0 saturated carbocycles. The molecule has 2 aromatic rings. The lowest BCUT2D eigenvalue weighted by Gasteiger charge is -2.13. The zero-order valence-electron chi connectivity index (χ0n) is 14.8. The van der Waals surface area contributed by atoms with Gasteiger partial charge in [0.25, 0.3) is 5.91 Å². The molecule has 0 aliphatic carbocycles. The predicted octanol–water partition coefficient (Wildman–Crippen LogP) is 1.24. The van der Waals surface area contributed by atoms with E-state index in [1.807, 2.05) is 31.1 Å². The molecule has 0 radical (unpaired) electrons. The summed E-state index contributed by atoms with van der Waals surface area (Å²) in [6.45, 7) is -0.367. The zero-order valence-corrected chi connectivity index (χ0v) is 14.8. The van der Waals surface area contributed by atoms with Crippen LogP contribution in [0.25, 0.3) is 0 Å². The summed E-state index contributed by atoms with van der Waals surface area (Å²) in [7, 11) is 3.86. The third kappa shape index (κ3) is 5.94. The van der Waals surface area contributed by atoms with Gasteiger partial charge in [0.05, 0.1) is 13.1 Å². The molecule has 2 rings (SSSR count). The molecule has 0 bridgehead atoms. The number of rotatable bonds is 7. The van der Waals surface area contributed by atoms with E-state index in [2.05, 4.69) is 16.0 Å². The maximum atomic E-state index is 11.9. The molecular formula is C19H22N4O3. The molecule has 3 amide bonds. The number of nitrogens with zero attached hydrogens (tertiary/aromatic N) is 1. The second-order valence-electron chi connectivity index (χ2n) is 5.81. The van der Waals surface area contributed by atoms with Crippen LogP contribution >= 0.6 is 0 Å². The summed E-state index contributed by atoms with van der Waals surface area (Å²) in [6.07, 6.45) is 0. The standard InChI is InChI=1S/C19H22N4O3/c1-23(2)16-10-8-15(9-11-16)22-18(25)13-20-17(24)12-21-19(26)14-6-4-3-5-7-14/h3-11H,12-13H2,1-2H3,(H,20,24)(H,21,26)(H,22,25). The van der Waals surface area contributed by atoms with Crippen molar-refractivity contribution in [1.29, 1.82) is 0 Å². The van der Waals surface area contributed by atoms with Gasteiger partial charge in [0.15, 0.2) is 0 Å². The highest BCUT2D eigenvalue weighted by Gasteiger charge is 2.09. The van der Waals surface area contributed by atoms with E-state index in [4.69, 9.17) is 0 Å². The highest BCUT2D eigenvalue weighted by atomic mass is 16.2. The minimum Gasteiger partial charge on any atom is -0.378 e. The zero-order chi connectivity index (χ0) is 18.9. The van der Waals surface area contributed by atoms with Crippen molar-refractivity contribution in [1.82, 2.24) is 10.6 Å². The lowest BCUT2D eigenvalue weighted by molar-refractivity contribution is -0.123. The van der Waals surface area contributed by atoms with Gasteiger partial charge in [-0.2, -0.15) is 0 Å². The van der Waals surface area contributed by atoms with Crippen LogP contribution in [0.3, 0.4) is 0 Å². The number of benzene rings is 2. The molecule has 0 aliphatic heterocycles. The number of hydrogen-bond acceptors (Lipinski definition) is 4. The monoisotopic (exact) mass is 354 g/mol. The Labute approximate surface area is 152 Å². The molecule has 0 unspecified atom stereocenters. The fourth-order valence-corrected chi connectivity index (χ4v) is 2.14. The Balaban J connectivity index is 1.71. The van der Waals surface area contributed by atoms with Crippen LogP contribution in [0.2, 0.25) is 0 Å². The third-order valence-electron chi connectivity index (χ3n) is 3.56. The van der Waals surface area contributed by atoms with Gasteiger partial charge in [0, 0.05) is 31.0 Å². The Morgan fingerprint density at radius 2 is 1.42 bits per heavy atom. The quantitative estimate of drug-likeness (QED) is 0.698. The van der Waals surface area contributed by atoms with Crippen LogP contribution in [0.4, 0.5) is 11.4 Å². The van der Waals surface area contributed by atoms with E-state index in [1.54, 1.807) is 42.5 Å². The van der Waals surface area contributed by atoms with Crippen LogP contribution in [-0.4, -0.2) is 44.9 Å². The number of hydrogen-bond donors (Lipinski definition) is 3. The average Bonchev–Trinajstić information content (AvgIpc) is 2.65. The second-order valence-corrected chi connectivity index (χ2v) is 5.81. The van der Waals surface area contributed by atoms with Gasteiger partial charge in [-0.1, -0.05) is 18.2 Å². The Morgan fingerprint density at radius 1 is 0.808 bits per heavy atom. The number of amides is 3. The van der Waals surface area contributed by atoms with Crippen LogP contribution < -0.4 is 20.9 Å². The van der Waals surface area contributed by atoms with E-state index in [0.717, 1.165) is 5.69 Å². The first kappa shape index (κ1) is 19.0. The van der Waals surface area contributed by atoms with Crippen molar-refractivity contribution in [3.05, 3.63) is 60.2 Å². The van der Waals surface area contributed by atoms with Crippen LogP contribution in [0.15, 0.2) is 54.6 Å². The third-order valence-corrected chi connectivity index (χ3v) is 3.56. The molecule has 3 N–H and O–H groups in total. The Bertz CT molecular complexity index is 758. The average molecular weight is 354 g/mol. The van der Waals surface area contributed by atoms with Crippen LogP contribution in [0, 0.1) is 0 Å². The van der Waals surface area contributed by atoms with Gasteiger partial charge >= 0.3 is 0 Å². The first-order chi connectivity index (χ1) is 12.5. The van der Waals surface area contributed by atoms with E-state index in [-0.39, 0.29) is 24.9 Å². The minimum atomic E-state index is -0.438. The summed E-state index contributed by atoms with van der Waals surface area (Å²) in [5.74, 6) is -1.12. The first-order valence-electron chi connectivity index (χ1n) is 8.13. The van der Waals surface area contributed by atoms with Crippen molar-refractivity contribution in [3.8, 4) is 0 Å². The predicted molar refractivity (Wildman–Crippen MR) is 101 cm³/mol. The molecule has 136 valence electrons. The maximum absolute atomic E-state index is 11.9. The first-order valence-corrected chi connectivity index (χ1v) is 8.13. The van der Waals surface area contributed by atoms with Gasteiger partial charge in [0.1, 0.15) is 0 Å². The fourth-order valence-electron chi connectivity index (χ4n) is 2.14. The lowest BCUT2D eigenvalue weighted by Crippen LogP contribution is -2.40. The molecule has 7 nitrogen and oxygen atoms in total. The largest absolute Gasteiger partial charge is 0.378 e. The second kappa shape index (κ2) is 9.22. The molecule has 0 aromatic heterocycles. The molecule has 26 heavy (non-hydrogen) atoms. The normalized spacial score (nSPS) is 9.92. The maximum Gasteiger partial charge on any atom is 0.251 e. The molecule has 2 aromatic carbocycles. The van der Waals surface area contributed by atoms with E-state index >= 15 is 0 Å². The van der Waals surface area contributed by atoms with Gasteiger partial charge in [-0.05, 0) is 36.4 Å². The summed E-state index contributed by atoms with van der Waals surface area (Å²) in [6, 6.07) is 15.9. The molecule has 0 fully saturated rings. The molecule has 0 atom stereocenters. The molecular weight excluding hydrogens is 332 g/mol. The molecule has 7 heteroatoms. The summed E-state index contributed by atoms with van der Waals surface area (Å²) < 4.78 is 0. The van der Waals surface area contributed by atoms with Crippen molar-refractivity contribution in [2.24, 2.45) is 0 Å². The van der Waals surface area contributed by atoms with Gasteiger partial charge < -0.3 is 20.9 Å². The van der Waals surface area contributed by atoms with Crippen molar-refractivity contribution in [3.63, 3.8) is 0 Å². The fraction of sp³-hybridized carbons (Fsp3) is 0.211. The highest BCUT2D eigenvalue weighted by molar-refractivity contribution is 5.98. The van der Waals surface area contributed by atoms with E-state index in [0.29, 0.717) is 11.3 Å². The Morgan fingerprint density at radius 3 is 2.04 bits per heavy atom. The van der Waals surface area contributed by atoms with E-state index in [9.17, 15) is 14.4 Å². The van der Waals surface area contributed by atoms with Gasteiger partial charge in [-0.15, -0.1) is 0 Å². The number of carbonyl (C=O) groups excluding carboxylic acids is 3. The summed E-state index contributed by atoms with van der Waals surface area (Å²) in [5.41, 5.74) is 2.14. The van der Waals surface area contributed by atoms with Crippen molar-refractivity contribution >= 4 is 29.1 Å². The van der Waals surface area contributed by atoms with Crippen molar-refractivity contribution in [2.75, 3.05) is 37.4 Å². The molecule has 0 spiro atoms. The molecule has 0 aliphatic rings. The van der Waals surface area contributed by atoms with Gasteiger partial charge in [0.2, 0.25) is 11.8 Å². The topological polar surface area (TPSA) is 90.5 Å². The number of carbonyl (C=O) groups is 3. The van der Waals surface area contributed by atoms with Crippen LogP contribution in [0.5, 0.6) is 0 Å². The van der Waals surface area contributed by atoms with Crippen molar-refractivity contribution < 1.29 is 14.4 Å². The summed E-state index contributed by atoms with van der Waals surface area (Å²) >= 11 is 0. The van der Waals surface area contributed by atoms with E-state index < -0.39 is 5.91 Å². The number of nitrogens with one attached hydrogen (secondary N) is 3. The van der Waals surface area contributed by atoms with Crippen LogP contribution in [-0.2, 0) is 9.59 Å². The Hall–Kier alpha value is -3.35. The van der Waals surface area contributed by atoms with Crippen LogP contribution in [0.1, 0.15) is 10.4 Å². The SMILES string of the molecule is CN(C)c1ccc(NC(=O)CNC(=O)CNC(=O)c2ccccc2)cc1. The minimum absolute atomic E-state index is 0.171. The highest BCUT2D eigenvalue weighted by Crippen LogP contribution is 2.15. The molecule has 0 saturated heterocycles. The van der Waals surface area contributed by atoms with Gasteiger partial charge in [-0.25, -0.2) is 0 Å². The number of anilines is 2. The van der Waals surface area contributed by atoms with Gasteiger partial charge in [-0.3, -0.25) is 14.4 Å². The van der Waals surface area contributed by atoms with E-state index in [1.165, 1.54) is 0 Å². The summed E-state index contributed by atoms with van der Waals surface area (Å²) in [4.78, 5) is 37.4. The van der Waals surface area contributed by atoms with Crippen molar-refractivity contribution in [2.45, 2.75) is 0 Å². The smallest absolute Gasteiger partial charge is 0.251 e. The lowest BCUT2D eigenvalue weighted by atomic mass is 10.2. The Kier molecular flexibility index (Phi) is 6.73. The summed E-state index contributed by atoms with van der Waals surface area (Å²) in [5, 5.41) is 7.66. The molecule has 0 heterocycles.